The molecule has 22 heavy (non-hydrogen) atoms. The van der Waals surface area contributed by atoms with Gasteiger partial charge in [0.15, 0.2) is 0 Å². The van der Waals surface area contributed by atoms with E-state index in [0.29, 0.717) is 22.7 Å². The van der Waals surface area contributed by atoms with E-state index in [2.05, 4.69) is 28.9 Å². The Bertz CT molecular complexity index is 526. The molecule has 122 valence electrons. The Morgan fingerprint density at radius 2 is 2.23 bits per heavy atom. The maximum absolute atomic E-state index is 12.7. The van der Waals surface area contributed by atoms with Crippen LogP contribution in [-0.4, -0.2) is 58.1 Å². The minimum Gasteiger partial charge on any atom is -0.336 e. The summed E-state index contributed by atoms with van der Waals surface area (Å²) in [6.45, 7) is 8.34. The van der Waals surface area contributed by atoms with Crippen molar-refractivity contribution in [1.82, 2.24) is 20.0 Å². The minimum atomic E-state index is -0.0265. The number of nitrogens with one attached hydrogen (secondary N) is 1. The molecule has 6 heteroatoms. The Labute approximate surface area is 137 Å². The van der Waals surface area contributed by atoms with Gasteiger partial charge < -0.3 is 4.90 Å². The Morgan fingerprint density at radius 1 is 1.45 bits per heavy atom. The first-order valence-electron chi connectivity index (χ1n) is 8.28. The third-order valence-corrected chi connectivity index (χ3v) is 5.09. The largest absolute Gasteiger partial charge is 0.336 e. The second-order valence-electron chi connectivity index (χ2n) is 6.95. The monoisotopic (exact) mass is 324 g/mol. The van der Waals surface area contributed by atoms with E-state index in [9.17, 15) is 4.79 Å². The number of carbonyl (C=O) groups excluding carboxylic acids is 1. The van der Waals surface area contributed by atoms with Crippen molar-refractivity contribution in [2.45, 2.75) is 39.2 Å². The average molecular weight is 325 g/mol. The number of hydrogen-bond donors (Lipinski definition) is 1. The fourth-order valence-electron chi connectivity index (χ4n) is 3.32. The summed E-state index contributed by atoms with van der Waals surface area (Å²) in [5.74, 6) is 1.39. The van der Waals surface area contributed by atoms with Crippen LogP contribution in [0.25, 0.3) is 0 Å². The van der Waals surface area contributed by atoms with Crippen molar-refractivity contribution < 1.29 is 4.79 Å². The topological polar surface area (TPSA) is 52.2 Å². The number of aromatic nitrogens is 2. The van der Waals surface area contributed by atoms with Crippen molar-refractivity contribution in [2.75, 3.05) is 26.2 Å². The van der Waals surface area contributed by atoms with E-state index in [-0.39, 0.29) is 5.91 Å². The predicted molar refractivity (Wildman–Crippen MR) is 87.0 cm³/mol. The number of aromatic amines is 1. The third-order valence-electron chi connectivity index (χ3n) is 4.80. The van der Waals surface area contributed by atoms with Crippen molar-refractivity contribution in [1.29, 1.82) is 0 Å². The standard InChI is InChI=1S/C16H25ClN4O/c1-11(2)14-10-21(16(22)15-13(17)8-18-19-15)7-3-6-20(14)9-12-4-5-12/h8,11-12,14H,3-7,9-10H2,1-2H3,(H,18,19)/t14-/m1/s1. The van der Waals surface area contributed by atoms with Gasteiger partial charge in [0.2, 0.25) is 0 Å². The summed E-state index contributed by atoms with van der Waals surface area (Å²) >= 11 is 6.05. The molecule has 1 aliphatic carbocycles. The lowest BCUT2D eigenvalue weighted by atomic mass is 10.0. The Hall–Kier alpha value is -1.07. The summed E-state index contributed by atoms with van der Waals surface area (Å²) < 4.78 is 0. The lowest BCUT2D eigenvalue weighted by molar-refractivity contribution is 0.0699. The highest BCUT2D eigenvalue weighted by Crippen LogP contribution is 2.32. The maximum atomic E-state index is 12.7. The second kappa shape index (κ2) is 6.59. The van der Waals surface area contributed by atoms with E-state index in [4.69, 9.17) is 11.6 Å². The SMILES string of the molecule is CC(C)[C@H]1CN(C(=O)c2[nH]ncc2Cl)CCCN1CC1CC1. The van der Waals surface area contributed by atoms with Gasteiger partial charge in [0.1, 0.15) is 5.69 Å². The van der Waals surface area contributed by atoms with Crippen molar-refractivity contribution in [3.8, 4) is 0 Å². The van der Waals surface area contributed by atoms with Gasteiger partial charge in [-0.25, -0.2) is 0 Å². The molecule has 5 nitrogen and oxygen atoms in total. The van der Waals surface area contributed by atoms with Gasteiger partial charge in [0.05, 0.1) is 11.2 Å². The number of hydrogen-bond acceptors (Lipinski definition) is 3. The lowest BCUT2D eigenvalue weighted by Gasteiger charge is -2.34. The molecule has 1 aromatic rings. The number of nitrogens with zero attached hydrogens (tertiary/aromatic N) is 3. The molecule has 0 aromatic carbocycles. The zero-order chi connectivity index (χ0) is 15.7. The van der Waals surface area contributed by atoms with Crippen LogP contribution in [0.4, 0.5) is 0 Å². The summed E-state index contributed by atoms with van der Waals surface area (Å²) in [7, 11) is 0. The first-order valence-corrected chi connectivity index (χ1v) is 8.66. The van der Waals surface area contributed by atoms with Gasteiger partial charge in [-0.15, -0.1) is 0 Å². The molecule has 3 rings (SSSR count). The van der Waals surface area contributed by atoms with Crippen LogP contribution in [0.3, 0.4) is 0 Å². The summed E-state index contributed by atoms with van der Waals surface area (Å²) in [5.41, 5.74) is 0.416. The van der Waals surface area contributed by atoms with Crippen molar-refractivity contribution >= 4 is 17.5 Å². The molecule has 0 radical (unpaired) electrons. The van der Waals surface area contributed by atoms with Crippen molar-refractivity contribution in [3.63, 3.8) is 0 Å². The highest BCUT2D eigenvalue weighted by molar-refractivity contribution is 6.33. The molecule has 0 bridgehead atoms. The molecule has 0 unspecified atom stereocenters. The van der Waals surface area contributed by atoms with Gasteiger partial charge >= 0.3 is 0 Å². The van der Waals surface area contributed by atoms with E-state index >= 15 is 0 Å². The van der Waals surface area contributed by atoms with Gasteiger partial charge in [-0.05, 0) is 31.1 Å². The van der Waals surface area contributed by atoms with Crippen LogP contribution in [0.5, 0.6) is 0 Å². The van der Waals surface area contributed by atoms with Gasteiger partial charge in [-0.2, -0.15) is 5.10 Å². The van der Waals surface area contributed by atoms with Gasteiger partial charge in [-0.1, -0.05) is 25.4 Å². The molecule has 2 aliphatic rings. The lowest BCUT2D eigenvalue weighted by Crippen LogP contribution is -2.46. The second-order valence-corrected chi connectivity index (χ2v) is 7.35. The zero-order valence-corrected chi connectivity index (χ0v) is 14.1. The Kier molecular flexibility index (Phi) is 4.73. The van der Waals surface area contributed by atoms with E-state index in [1.54, 1.807) is 0 Å². The smallest absolute Gasteiger partial charge is 0.273 e. The molecule has 1 aliphatic heterocycles. The van der Waals surface area contributed by atoms with E-state index in [1.807, 2.05) is 4.90 Å². The molecule has 1 saturated carbocycles. The number of H-pyrrole nitrogens is 1. The van der Waals surface area contributed by atoms with E-state index < -0.39 is 0 Å². The zero-order valence-electron chi connectivity index (χ0n) is 13.4. The summed E-state index contributed by atoms with van der Waals surface area (Å²) in [6.07, 6.45) is 5.25. The van der Waals surface area contributed by atoms with Crippen LogP contribution in [-0.2, 0) is 0 Å². The predicted octanol–water partition coefficient (Wildman–Crippen LogP) is 2.65. The van der Waals surface area contributed by atoms with Crippen LogP contribution in [0, 0.1) is 11.8 Å². The number of amides is 1. The van der Waals surface area contributed by atoms with Crippen LogP contribution in [0.2, 0.25) is 5.02 Å². The molecule has 1 amide bonds. The van der Waals surface area contributed by atoms with Crippen LogP contribution in [0.1, 0.15) is 43.6 Å². The number of halogens is 1. The highest BCUT2D eigenvalue weighted by Gasteiger charge is 2.34. The molecular formula is C16H25ClN4O. The quantitative estimate of drug-likeness (QED) is 0.926. The number of rotatable bonds is 4. The first-order chi connectivity index (χ1) is 10.6. The van der Waals surface area contributed by atoms with Crippen LogP contribution >= 0.6 is 11.6 Å². The fourth-order valence-corrected chi connectivity index (χ4v) is 3.49. The van der Waals surface area contributed by atoms with Gasteiger partial charge in [0.25, 0.3) is 5.91 Å². The molecule has 1 N–H and O–H groups in total. The van der Waals surface area contributed by atoms with E-state index in [1.165, 1.54) is 25.6 Å². The van der Waals surface area contributed by atoms with Crippen LogP contribution in [0.15, 0.2) is 6.20 Å². The van der Waals surface area contributed by atoms with Crippen molar-refractivity contribution in [3.05, 3.63) is 16.9 Å². The molecule has 2 heterocycles. The minimum absolute atomic E-state index is 0.0265. The molecule has 2 fully saturated rings. The van der Waals surface area contributed by atoms with Crippen molar-refractivity contribution in [2.24, 2.45) is 11.8 Å². The highest BCUT2D eigenvalue weighted by atomic mass is 35.5. The molecule has 1 saturated heterocycles. The van der Waals surface area contributed by atoms with Crippen LogP contribution < -0.4 is 0 Å². The molecule has 1 atom stereocenters. The third kappa shape index (κ3) is 3.46. The average Bonchev–Trinajstić information content (AvgIpc) is 3.23. The summed E-state index contributed by atoms with van der Waals surface area (Å²) in [6, 6.07) is 0.425. The Balaban J connectivity index is 1.73. The maximum Gasteiger partial charge on any atom is 0.273 e. The first kappa shape index (κ1) is 15.8. The fraction of sp³-hybridized carbons (Fsp3) is 0.750. The summed E-state index contributed by atoms with van der Waals surface area (Å²) in [5, 5.41) is 7.00. The Morgan fingerprint density at radius 3 is 2.82 bits per heavy atom. The van der Waals surface area contributed by atoms with Gasteiger partial charge in [0, 0.05) is 32.2 Å². The number of carbonyl (C=O) groups is 1. The molecular weight excluding hydrogens is 300 g/mol. The van der Waals surface area contributed by atoms with E-state index in [0.717, 1.165) is 32.0 Å². The van der Waals surface area contributed by atoms with Gasteiger partial charge in [-0.3, -0.25) is 14.8 Å². The molecule has 0 spiro atoms. The molecule has 1 aromatic heterocycles. The normalized spacial score (nSPS) is 23.8. The summed E-state index contributed by atoms with van der Waals surface area (Å²) in [4.78, 5) is 17.2.